The first-order valence-corrected chi connectivity index (χ1v) is 6.80. The van der Waals surface area contributed by atoms with E-state index in [-0.39, 0.29) is 12.5 Å². The van der Waals surface area contributed by atoms with E-state index in [4.69, 9.17) is 5.11 Å². The molecule has 0 amide bonds. The molecule has 0 aliphatic carbocycles. The first kappa shape index (κ1) is 15.7. The first-order chi connectivity index (χ1) is 8.81. The van der Waals surface area contributed by atoms with E-state index in [2.05, 4.69) is 37.8 Å². The second-order valence-electron chi connectivity index (χ2n) is 5.55. The van der Waals surface area contributed by atoms with Crippen LogP contribution in [-0.2, 0) is 11.2 Å². The van der Waals surface area contributed by atoms with E-state index in [1.54, 1.807) is 0 Å². The third-order valence-electron chi connectivity index (χ3n) is 3.78. The van der Waals surface area contributed by atoms with Crippen LogP contribution in [0.3, 0.4) is 0 Å². The van der Waals surface area contributed by atoms with E-state index >= 15 is 0 Å². The number of nitrogens with zero attached hydrogens (tertiary/aromatic N) is 1. The van der Waals surface area contributed by atoms with Gasteiger partial charge in [0.1, 0.15) is 0 Å². The van der Waals surface area contributed by atoms with Gasteiger partial charge < -0.3 is 10.0 Å². The van der Waals surface area contributed by atoms with Crippen LogP contribution in [0.5, 0.6) is 0 Å². The Hall–Kier alpha value is -1.35. The summed E-state index contributed by atoms with van der Waals surface area (Å²) >= 11 is 0. The number of aliphatic carboxylic acids is 1. The molecule has 3 heteroatoms. The monoisotopic (exact) mass is 263 g/mol. The van der Waals surface area contributed by atoms with E-state index in [0.717, 1.165) is 13.0 Å². The average molecular weight is 263 g/mol. The standard InChI is InChI=1S/C16H25NO2/c1-11-8-12(2)15(13(3)9-11)6-7-17(5)14(4)10-16(18)19/h8-9,14H,6-7,10H2,1-5H3,(H,18,19). The number of carboxylic acid groups (broad SMARTS) is 1. The summed E-state index contributed by atoms with van der Waals surface area (Å²) in [5, 5.41) is 8.81. The molecule has 1 atom stereocenters. The zero-order chi connectivity index (χ0) is 14.6. The number of rotatable bonds is 6. The zero-order valence-electron chi connectivity index (χ0n) is 12.7. The van der Waals surface area contributed by atoms with Crippen LogP contribution in [0.1, 0.15) is 35.6 Å². The van der Waals surface area contributed by atoms with E-state index in [1.165, 1.54) is 22.3 Å². The van der Waals surface area contributed by atoms with Gasteiger partial charge in [0.25, 0.3) is 0 Å². The lowest BCUT2D eigenvalue weighted by Gasteiger charge is -2.24. The van der Waals surface area contributed by atoms with Crippen LogP contribution in [-0.4, -0.2) is 35.6 Å². The molecule has 1 rings (SSSR count). The van der Waals surface area contributed by atoms with E-state index < -0.39 is 5.97 Å². The smallest absolute Gasteiger partial charge is 0.304 e. The Bertz CT molecular complexity index is 431. The van der Waals surface area contributed by atoms with E-state index in [0.29, 0.717) is 0 Å². The summed E-state index contributed by atoms with van der Waals surface area (Å²) in [6.07, 6.45) is 1.17. The lowest BCUT2D eigenvalue weighted by Crippen LogP contribution is -2.33. The molecule has 0 aliphatic rings. The number of hydrogen-bond acceptors (Lipinski definition) is 2. The molecule has 0 heterocycles. The molecule has 0 fully saturated rings. The Morgan fingerprint density at radius 2 is 1.79 bits per heavy atom. The topological polar surface area (TPSA) is 40.5 Å². The summed E-state index contributed by atoms with van der Waals surface area (Å²) in [6, 6.07) is 4.50. The molecule has 0 aliphatic heterocycles. The summed E-state index contributed by atoms with van der Waals surface area (Å²) in [7, 11) is 1.99. The minimum atomic E-state index is -0.734. The van der Waals surface area contributed by atoms with Crippen LogP contribution in [0.4, 0.5) is 0 Å². The molecule has 1 N–H and O–H groups in total. The molecule has 0 saturated carbocycles. The van der Waals surface area contributed by atoms with Crippen molar-refractivity contribution in [1.29, 1.82) is 0 Å². The number of aryl methyl sites for hydroxylation is 3. The first-order valence-electron chi connectivity index (χ1n) is 6.80. The molecule has 0 aromatic heterocycles. The fourth-order valence-electron chi connectivity index (χ4n) is 2.52. The van der Waals surface area contributed by atoms with Crippen molar-refractivity contribution in [3.05, 3.63) is 34.4 Å². The fraction of sp³-hybridized carbons (Fsp3) is 0.562. The van der Waals surface area contributed by atoms with Gasteiger partial charge in [-0.1, -0.05) is 17.7 Å². The highest BCUT2D eigenvalue weighted by atomic mass is 16.4. The predicted octanol–water partition coefficient (Wildman–Crippen LogP) is 2.95. The summed E-state index contributed by atoms with van der Waals surface area (Å²) in [5.41, 5.74) is 5.35. The zero-order valence-corrected chi connectivity index (χ0v) is 12.7. The maximum atomic E-state index is 10.7. The van der Waals surface area contributed by atoms with Crippen LogP contribution in [0.25, 0.3) is 0 Å². The molecular weight excluding hydrogens is 238 g/mol. The highest BCUT2D eigenvalue weighted by molar-refractivity contribution is 5.67. The Morgan fingerprint density at radius 3 is 2.26 bits per heavy atom. The number of benzene rings is 1. The van der Waals surface area contributed by atoms with Gasteiger partial charge in [-0.05, 0) is 57.9 Å². The van der Waals surface area contributed by atoms with Crippen LogP contribution >= 0.6 is 0 Å². The number of likely N-dealkylation sites (N-methyl/N-ethyl adjacent to an activating group) is 1. The highest BCUT2D eigenvalue weighted by Gasteiger charge is 2.13. The number of carboxylic acids is 1. The third kappa shape index (κ3) is 4.67. The predicted molar refractivity (Wildman–Crippen MR) is 78.7 cm³/mol. The molecule has 1 aromatic carbocycles. The molecule has 0 saturated heterocycles. The van der Waals surface area contributed by atoms with Crippen molar-refractivity contribution in [2.45, 2.75) is 46.6 Å². The summed E-state index contributed by atoms with van der Waals surface area (Å²) in [5.74, 6) is -0.734. The van der Waals surface area contributed by atoms with Crippen LogP contribution < -0.4 is 0 Å². The van der Waals surface area contributed by atoms with Gasteiger partial charge in [-0.15, -0.1) is 0 Å². The molecule has 0 radical (unpaired) electrons. The quantitative estimate of drug-likeness (QED) is 0.858. The normalized spacial score (nSPS) is 12.7. The molecule has 0 bridgehead atoms. The van der Waals surface area contributed by atoms with Crippen molar-refractivity contribution in [3.63, 3.8) is 0 Å². The van der Waals surface area contributed by atoms with Crippen molar-refractivity contribution < 1.29 is 9.90 Å². The highest BCUT2D eigenvalue weighted by Crippen LogP contribution is 2.17. The van der Waals surface area contributed by atoms with Gasteiger partial charge in [0.2, 0.25) is 0 Å². The van der Waals surface area contributed by atoms with E-state index in [1.807, 2.05) is 14.0 Å². The van der Waals surface area contributed by atoms with Gasteiger partial charge in [-0.2, -0.15) is 0 Å². The Balaban J connectivity index is 2.64. The second kappa shape index (κ2) is 6.71. The molecule has 0 spiro atoms. The van der Waals surface area contributed by atoms with Gasteiger partial charge in [-0.25, -0.2) is 0 Å². The van der Waals surface area contributed by atoms with Gasteiger partial charge in [0.05, 0.1) is 6.42 Å². The maximum Gasteiger partial charge on any atom is 0.304 e. The van der Waals surface area contributed by atoms with Crippen molar-refractivity contribution in [2.24, 2.45) is 0 Å². The van der Waals surface area contributed by atoms with Crippen molar-refractivity contribution in [3.8, 4) is 0 Å². The molecular formula is C16H25NO2. The van der Waals surface area contributed by atoms with Gasteiger partial charge in [0.15, 0.2) is 0 Å². The molecule has 1 unspecified atom stereocenters. The Labute approximate surface area is 116 Å². The summed E-state index contributed by atoms with van der Waals surface area (Å²) in [6.45, 7) is 9.26. The van der Waals surface area contributed by atoms with Gasteiger partial charge in [-0.3, -0.25) is 4.79 Å². The lowest BCUT2D eigenvalue weighted by molar-refractivity contribution is -0.138. The minimum absolute atomic E-state index is 0.0727. The summed E-state index contributed by atoms with van der Waals surface area (Å²) in [4.78, 5) is 12.8. The minimum Gasteiger partial charge on any atom is -0.481 e. The Morgan fingerprint density at radius 1 is 1.26 bits per heavy atom. The molecule has 3 nitrogen and oxygen atoms in total. The largest absolute Gasteiger partial charge is 0.481 e. The average Bonchev–Trinajstić information content (AvgIpc) is 2.26. The van der Waals surface area contributed by atoms with Crippen LogP contribution in [0, 0.1) is 20.8 Å². The van der Waals surface area contributed by atoms with Gasteiger partial charge >= 0.3 is 5.97 Å². The molecule has 1 aromatic rings. The lowest BCUT2D eigenvalue weighted by atomic mass is 9.97. The van der Waals surface area contributed by atoms with Crippen molar-refractivity contribution >= 4 is 5.97 Å². The second-order valence-corrected chi connectivity index (χ2v) is 5.55. The SMILES string of the molecule is Cc1cc(C)c(CCN(C)C(C)CC(=O)O)c(C)c1. The van der Waals surface area contributed by atoms with Crippen molar-refractivity contribution in [2.75, 3.05) is 13.6 Å². The third-order valence-corrected chi connectivity index (χ3v) is 3.78. The fourth-order valence-corrected chi connectivity index (χ4v) is 2.52. The van der Waals surface area contributed by atoms with Crippen LogP contribution in [0.15, 0.2) is 12.1 Å². The maximum absolute atomic E-state index is 10.7. The number of hydrogen-bond donors (Lipinski definition) is 1. The summed E-state index contributed by atoms with van der Waals surface area (Å²) < 4.78 is 0. The molecule has 106 valence electrons. The van der Waals surface area contributed by atoms with Crippen LogP contribution in [0.2, 0.25) is 0 Å². The molecule has 19 heavy (non-hydrogen) atoms. The Kier molecular flexibility index (Phi) is 5.55. The van der Waals surface area contributed by atoms with Crippen molar-refractivity contribution in [1.82, 2.24) is 4.90 Å². The van der Waals surface area contributed by atoms with E-state index in [9.17, 15) is 4.79 Å². The van der Waals surface area contributed by atoms with Gasteiger partial charge in [0, 0.05) is 12.6 Å². The number of carbonyl (C=O) groups is 1.